The molecule has 41 heavy (non-hydrogen) atoms. The summed E-state index contributed by atoms with van der Waals surface area (Å²) >= 11 is 6.16. The van der Waals surface area contributed by atoms with Crippen LogP contribution in [-0.4, -0.2) is 35.1 Å². The quantitative estimate of drug-likeness (QED) is 0.178. The molecule has 4 rings (SSSR count). The smallest absolute Gasteiger partial charge is 0.416 e. The minimum Gasteiger partial charge on any atom is -0.490 e. The van der Waals surface area contributed by atoms with Gasteiger partial charge in [0.05, 0.1) is 20.6 Å². The average molecular weight is 761 g/mol. The van der Waals surface area contributed by atoms with Crippen LogP contribution in [0, 0.1) is 3.57 Å². The third-order valence-electron chi connectivity index (χ3n) is 5.57. The lowest BCUT2D eigenvalue weighted by Crippen LogP contribution is -2.36. The summed E-state index contributed by atoms with van der Waals surface area (Å²) < 4.78 is 52.4. The molecule has 1 saturated heterocycles. The molecule has 0 aromatic heterocycles. The molecule has 0 unspecified atom stereocenters. The number of hydrogen-bond donors (Lipinski definition) is 1. The van der Waals surface area contributed by atoms with Crippen molar-refractivity contribution in [1.82, 2.24) is 4.90 Å². The molecule has 3 amide bonds. The molecule has 1 N–H and O–H groups in total. The Kier molecular flexibility index (Phi) is 10.0. The van der Waals surface area contributed by atoms with Crippen LogP contribution < -0.4 is 14.8 Å². The molecule has 1 aliphatic heterocycles. The molecule has 0 aliphatic carbocycles. The summed E-state index contributed by atoms with van der Waals surface area (Å²) in [5.41, 5.74) is 0.497. The van der Waals surface area contributed by atoms with Gasteiger partial charge in [0, 0.05) is 10.2 Å². The largest absolute Gasteiger partial charge is 0.490 e. The van der Waals surface area contributed by atoms with Gasteiger partial charge in [-0.2, -0.15) is 13.2 Å². The lowest BCUT2D eigenvalue weighted by molar-refractivity contribution is -0.137. The van der Waals surface area contributed by atoms with Gasteiger partial charge in [-0.1, -0.05) is 34.1 Å². The van der Waals surface area contributed by atoms with Crippen LogP contribution in [0.1, 0.15) is 23.6 Å². The maximum Gasteiger partial charge on any atom is 0.416 e. The van der Waals surface area contributed by atoms with Gasteiger partial charge in [-0.25, -0.2) is 0 Å². The van der Waals surface area contributed by atoms with Crippen molar-refractivity contribution in [3.05, 3.63) is 90.3 Å². The molecule has 13 heteroatoms. The van der Waals surface area contributed by atoms with E-state index in [1.165, 1.54) is 12.1 Å². The van der Waals surface area contributed by atoms with E-state index in [9.17, 15) is 27.6 Å². The molecular formula is C28H21BrF3IN2O5S. The number of carbonyl (C=O) groups is 3. The monoisotopic (exact) mass is 760 g/mol. The minimum atomic E-state index is -4.58. The van der Waals surface area contributed by atoms with E-state index in [4.69, 9.17) is 9.47 Å². The molecular weight excluding hydrogens is 740 g/mol. The second kappa shape index (κ2) is 13.3. The average Bonchev–Trinajstić information content (AvgIpc) is 3.16. The Morgan fingerprint density at radius 3 is 2.51 bits per heavy atom. The molecule has 3 aromatic rings. The number of imide groups is 1. The topological polar surface area (TPSA) is 84.9 Å². The summed E-state index contributed by atoms with van der Waals surface area (Å²) in [6, 6.07) is 15.2. The molecule has 1 aliphatic rings. The second-order valence-electron chi connectivity index (χ2n) is 8.57. The van der Waals surface area contributed by atoms with Crippen LogP contribution in [0.2, 0.25) is 0 Å². The predicted octanol–water partition coefficient (Wildman–Crippen LogP) is 7.73. The molecule has 0 atom stereocenters. The first-order valence-electron chi connectivity index (χ1n) is 12.0. The van der Waals surface area contributed by atoms with Crippen LogP contribution in [0.4, 0.5) is 23.7 Å². The van der Waals surface area contributed by atoms with Gasteiger partial charge in [-0.3, -0.25) is 19.3 Å². The fourth-order valence-corrected chi connectivity index (χ4v) is 5.60. The van der Waals surface area contributed by atoms with E-state index in [1.807, 2.05) is 31.2 Å². The molecule has 7 nitrogen and oxygen atoms in total. The van der Waals surface area contributed by atoms with Crippen LogP contribution in [0.15, 0.2) is 70.0 Å². The first-order valence-corrected chi connectivity index (χ1v) is 14.7. The second-order valence-corrected chi connectivity index (χ2v) is 11.6. The minimum absolute atomic E-state index is 0.0867. The standard InChI is InChI=1S/C28H21BrF3IN2O5S/c1-2-39-22-11-17(10-21(33)25(22)40-15-16-6-8-19(29)9-7-16)12-23-26(37)35(27(38)41-23)14-24(36)34-20-5-3-4-18(13-20)28(30,31)32/h3-13H,2,14-15H2,1H3,(H,34,36)/b23-12-. The lowest BCUT2D eigenvalue weighted by atomic mass is 10.1. The first kappa shape index (κ1) is 30.9. The van der Waals surface area contributed by atoms with E-state index < -0.39 is 35.3 Å². The SMILES string of the molecule is CCOc1cc(/C=C2\SC(=O)N(CC(=O)Nc3cccc(C(F)(F)F)c3)C2=O)cc(I)c1OCc1ccc(Br)cc1. The van der Waals surface area contributed by atoms with Gasteiger partial charge in [0.15, 0.2) is 11.5 Å². The zero-order valence-corrected chi connectivity index (χ0v) is 25.8. The molecule has 0 bridgehead atoms. The Morgan fingerprint density at radius 2 is 1.83 bits per heavy atom. The van der Waals surface area contributed by atoms with Crippen LogP contribution in [0.3, 0.4) is 0 Å². The van der Waals surface area contributed by atoms with Gasteiger partial charge in [0.2, 0.25) is 5.91 Å². The van der Waals surface area contributed by atoms with Crippen LogP contribution in [0.5, 0.6) is 11.5 Å². The van der Waals surface area contributed by atoms with E-state index in [0.717, 1.165) is 36.7 Å². The molecule has 3 aromatic carbocycles. The summed E-state index contributed by atoms with van der Waals surface area (Å²) in [4.78, 5) is 38.8. The Morgan fingerprint density at radius 1 is 1.10 bits per heavy atom. The maximum absolute atomic E-state index is 13.0. The van der Waals surface area contributed by atoms with Crippen molar-refractivity contribution >= 4 is 79.1 Å². The highest BCUT2D eigenvalue weighted by Gasteiger charge is 2.36. The van der Waals surface area contributed by atoms with Crippen molar-refractivity contribution in [1.29, 1.82) is 0 Å². The fraction of sp³-hybridized carbons (Fsp3) is 0.179. The van der Waals surface area contributed by atoms with Crippen LogP contribution in [0.25, 0.3) is 6.08 Å². The number of nitrogens with one attached hydrogen (secondary N) is 1. The van der Waals surface area contributed by atoms with Crippen molar-refractivity contribution in [2.45, 2.75) is 19.7 Å². The maximum atomic E-state index is 13.0. The zero-order chi connectivity index (χ0) is 29.7. The highest BCUT2D eigenvalue weighted by Crippen LogP contribution is 2.38. The number of amides is 3. The Bertz CT molecular complexity index is 1520. The number of ether oxygens (including phenoxy) is 2. The van der Waals surface area contributed by atoms with E-state index in [2.05, 4.69) is 43.8 Å². The van der Waals surface area contributed by atoms with Gasteiger partial charge in [0.1, 0.15) is 13.2 Å². The normalized spacial score (nSPS) is 14.5. The summed E-state index contributed by atoms with van der Waals surface area (Å²) in [6.45, 7) is 1.85. The lowest BCUT2D eigenvalue weighted by Gasteiger charge is -2.15. The third-order valence-corrected chi connectivity index (χ3v) is 7.81. The van der Waals surface area contributed by atoms with Crippen molar-refractivity contribution in [2.24, 2.45) is 0 Å². The van der Waals surface area contributed by atoms with Crippen molar-refractivity contribution in [2.75, 3.05) is 18.5 Å². The molecule has 0 saturated carbocycles. The Hall–Kier alpha value is -3.04. The van der Waals surface area contributed by atoms with E-state index >= 15 is 0 Å². The number of anilines is 1. The Balaban J connectivity index is 1.47. The summed E-state index contributed by atoms with van der Waals surface area (Å²) in [5.74, 6) is -0.509. The molecule has 0 radical (unpaired) electrons. The highest BCUT2D eigenvalue weighted by atomic mass is 127. The molecule has 1 heterocycles. The number of thioether (sulfide) groups is 1. The third kappa shape index (κ3) is 8.04. The number of alkyl halides is 3. The van der Waals surface area contributed by atoms with Crippen molar-refractivity contribution in [3.63, 3.8) is 0 Å². The highest BCUT2D eigenvalue weighted by molar-refractivity contribution is 14.1. The van der Waals surface area contributed by atoms with Gasteiger partial charge in [-0.15, -0.1) is 0 Å². The van der Waals surface area contributed by atoms with Gasteiger partial charge in [0.25, 0.3) is 11.1 Å². The first-order chi connectivity index (χ1) is 19.4. The van der Waals surface area contributed by atoms with Gasteiger partial charge in [-0.05, 0) is 101 Å². The van der Waals surface area contributed by atoms with Crippen LogP contribution in [-0.2, 0) is 22.4 Å². The van der Waals surface area contributed by atoms with Crippen LogP contribution >= 0.6 is 50.3 Å². The predicted molar refractivity (Wildman–Crippen MR) is 162 cm³/mol. The number of benzene rings is 3. The zero-order valence-electron chi connectivity index (χ0n) is 21.3. The number of hydrogen-bond acceptors (Lipinski definition) is 6. The number of nitrogens with zero attached hydrogens (tertiary/aromatic N) is 1. The number of carbonyl (C=O) groups excluding carboxylic acids is 3. The number of halogens is 5. The number of rotatable bonds is 9. The summed E-state index contributed by atoms with van der Waals surface area (Å²) in [6.07, 6.45) is -3.07. The fourth-order valence-electron chi connectivity index (χ4n) is 3.72. The molecule has 214 valence electrons. The van der Waals surface area contributed by atoms with E-state index in [-0.39, 0.29) is 10.6 Å². The Labute approximate surface area is 259 Å². The molecule has 0 spiro atoms. The van der Waals surface area contributed by atoms with Crippen molar-refractivity contribution < 1.29 is 37.0 Å². The van der Waals surface area contributed by atoms with E-state index in [0.29, 0.717) is 42.0 Å². The van der Waals surface area contributed by atoms with Crippen molar-refractivity contribution in [3.8, 4) is 11.5 Å². The van der Waals surface area contributed by atoms with E-state index in [1.54, 1.807) is 12.1 Å². The van der Waals surface area contributed by atoms with Gasteiger partial charge >= 0.3 is 6.18 Å². The summed E-state index contributed by atoms with van der Waals surface area (Å²) in [7, 11) is 0. The molecule has 1 fully saturated rings. The van der Waals surface area contributed by atoms with Gasteiger partial charge < -0.3 is 14.8 Å². The summed E-state index contributed by atoms with van der Waals surface area (Å²) in [5, 5.41) is 1.63.